The summed E-state index contributed by atoms with van der Waals surface area (Å²) in [5.41, 5.74) is -0.477. The third-order valence-electron chi connectivity index (χ3n) is 3.23. The molecule has 1 fully saturated rings. The zero-order chi connectivity index (χ0) is 14.0. The molecule has 2 rings (SSSR count). The van der Waals surface area contributed by atoms with Gasteiger partial charge in [-0.15, -0.1) is 0 Å². The van der Waals surface area contributed by atoms with Gasteiger partial charge in [0.15, 0.2) is 5.41 Å². The van der Waals surface area contributed by atoms with E-state index in [-0.39, 0.29) is 13.2 Å². The summed E-state index contributed by atoms with van der Waals surface area (Å²) in [7, 11) is 1.60. The van der Waals surface area contributed by atoms with Crippen LogP contribution in [0.25, 0.3) is 0 Å². The first-order valence-corrected chi connectivity index (χ1v) is 6.57. The highest BCUT2D eigenvalue weighted by Gasteiger charge is 2.54. The van der Waals surface area contributed by atoms with E-state index in [1.807, 2.05) is 24.3 Å². The van der Waals surface area contributed by atoms with Crippen molar-refractivity contribution in [2.24, 2.45) is 5.41 Å². The van der Waals surface area contributed by atoms with E-state index < -0.39 is 17.3 Å². The van der Waals surface area contributed by atoms with E-state index in [0.29, 0.717) is 6.54 Å². The first kappa shape index (κ1) is 14.0. The van der Waals surface area contributed by atoms with Crippen LogP contribution in [0.1, 0.15) is 5.56 Å². The van der Waals surface area contributed by atoms with Gasteiger partial charge < -0.3 is 14.7 Å². The highest BCUT2D eigenvalue weighted by molar-refractivity contribution is 9.10. The fourth-order valence-corrected chi connectivity index (χ4v) is 2.37. The predicted molar refractivity (Wildman–Crippen MR) is 71.5 cm³/mol. The fraction of sp³-hybridized carbons (Fsp3) is 0.385. The Bertz CT molecular complexity index is 513. The van der Waals surface area contributed by atoms with Gasteiger partial charge in [-0.05, 0) is 11.6 Å². The number of carboxylic acid groups (broad SMARTS) is 1. The summed E-state index contributed by atoms with van der Waals surface area (Å²) in [5.74, 6) is -1.54. The van der Waals surface area contributed by atoms with E-state index in [9.17, 15) is 14.7 Å². The largest absolute Gasteiger partial charge is 0.480 e. The van der Waals surface area contributed by atoms with Gasteiger partial charge in [-0.3, -0.25) is 9.59 Å². The van der Waals surface area contributed by atoms with Crippen molar-refractivity contribution in [2.75, 3.05) is 20.3 Å². The summed E-state index contributed by atoms with van der Waals surface area (Å²) in [5, 5.41) is 9.19. The molecule has 1 aliphatic rings. The second kappa shape index (κ2) is 5.30. The Morgan fingerprint density at radius 2 is 2.05 bits per heavy atom. The van der Waals surface area contributed by atoms with Crippen LogP contribution in [-0.2, 0) is 20.9 Å². The molecule has 0 aromatic heterocycles. The van der Waals surface area contributed by atoms with Gasteiger partial charge in [0.2, 0.25) is 5.91 Å². The SMILES string of the molecule is CN(Cc1ccccc1Br)C(=O)C1(C(=O)O)COC1. The molecule has 19 heavy (non-hydrogen) atoms. The van der Waals surface area contributed by atoms with Gasteiger partial charge in [0.05, 0.1) is 13.2 Å². The van der Waals surface area contributed by atoms with E-state index in [2.05, 4.69) is 15.9 Å². The first-order chi connectivity index (χ1) is 8.97. The molecule has 1 amide bonds. The van der Waals surface area contributed by atoms with Crippen molar-refractivity contribution in [2.45, 2.75) is 6.54 Å². The number of carbonyl (C=O) groups is 2. The molecule has 0 radical (unpaired) electrons. The number of rotatable bonds is 4. The van der Waals surface area contributed by atoms with Gasteiger partial charge >= 0.3 is 5.97 Å². The van der Waals surface area contributed by atoms with Crippen molar-refractivity contribution in [3.05, 3.63) is 34.3 Å². The molecule has 0 spiro atoms. The Hall–Kier alpha value is -1.40. The monoisotopic (exact) mass is 327 g/mol. The number of halogens is 1. The van der Waals surface area contributed by atoms with Crippen LogP contribution in [-0.4, -0.2) is 42.1 Å². The first-order valence-electron chi connectivity index (χ1n) is 5.77. The molecule has 0 saturated carbocycles. The van der Waals surface area contributed by atoms with Gasteiger partial charge in [-0.2, -0.15) is 0 Å². The van der Waals surface area contributed by atoms with E-state index >= 15 is 0 Å². The molecule has 0 atom stereocenters. The Morgan fingerprint density at radius 1 is 1.42 bits per heavy atom. The number of aliphatic carboxylic acids is 1. The fourth-order valence-electron chi connectivity index (χ4n) is 1.96. The summed E-state index contributed by atoms with van der Waals surface area (Å²) >= 11 is 3.41. The van der Waals surface area contributed by atoms with Crippen molar-refractivity contribution < 1.29 is 19.4 Å². The molecular weight excluding hydrogens is 314 g/mol. The van der Waals surface area contributed by atoms with Crippen molar-refractivity contribution in [3.8, 4) is 0 Å². The molecule has 1 aliphatic heterocycles. The lowest BCUT2D eigenvalue weighted by atomic mass is 9.84. The summed E-state index contributed by atoms with van der Waals surface area (Å²) in [4.78, 5) is 24.9. The highest BCUT2D eigenvalue weighted by atomic mass is 79.9. The zero-order valence-corrected chi connectivity index (χ0v) is 12.0. The highest BCUT2D eigenvalue weighted by Crippen LogP contribution is 2.31. The Balaban J connectivity index is 2.12. The summed E-state index contributed by atoms with van der Waals surface area (Å²) < 4.78 is 5.80. The molecule has 5 nitrogen and oxygen atoms in total. The van der Waals surface area contributed by atoms with E-state index in [4.69, 9.17) is 4.74 Å². The lowest BCUT2D eigenvalue weighted by Crippen LogP contribution is -2.59. The van der Waals surface area contributed by atoms with Crippen LogP contribution >= 0.6 is 15.9 Å². The lowest BCUT2D eigenvalue weighted by molar-refractivity contribution is -0.190. The summed E-state index contributed by atoms with van der Waals surface area (Å²) in [6.07, 6.45) is 0. The lowest BCUT2D eigenvalue weighted by Gasteiger charge is -2.38. The third-order valence-corrected chi connectivity index (χ3v) is 4.00. The van der Waals surface area contributed by atoms with Crippen LogP contribution in [0.3, 0.4) is 0 Å². The number of carbonyl (C=O) groups excluding carboxylic acids is 1. The molecule has 1 heterocycles. The van der Waals surface area contributed by atoms with Crippen LogP contribution in [0.5, 0.6) is 0 Å². The normalized spacial score (nSPS) is 16.5. The Labute approximate surface area is 119 Å². The second-order valence-corrected chi connectivity index (χ2v) is 5.49. The van der Waals surface area contributed by atoms with Crippen molar-refractivity contribution in [1.82, 2.24) is 4.90 Å². The molecule has 1 N–H and O–H groups in total. The number of carboxylic acids is 1. The topological polar surface area (TPSA) is 66.8 Å². The molecule has 6 heteroatoms. The molecule has 0 unspecified atom stereocenters. The van der Waals surface area contributed by atoms with Gasteiger partial charge in [-0.1, -0.05) is 34.1 Å². The number of benzene rings is 1. The second-order valence-electron chi connectivity index (χ2n) is 4.63. The molecule has 1 aromatic carbocycles. The van der Waals surface area contributed by atoms with Gasteiger partial charge in [0.25, 0.3) is 0 Å². The predicted octanol–water partition coefficient (Wildman–Crippen LogP) is 1.51. The molecular formula is C13H14BrNO4. The van der Waals surface area contributed by atoms with Crippen LogP contribution < -0.4 is 0 Å². The number of ether oxygens (including phenoxy) is 1. The maximum atomic E-state index is 12.3. The van der Waals surface area contributed by atoms with E-state index in [1.54, 1.807) is 7.05 Å². The number of nitrogens with zero attached hydrogens (tertiary/aromatic N) is 1. The smallest absolute Gasteiger partial charge is 0.324 e. The summed E-state index contributed by atoms with van der Waals surface area (Å²) in [6.45, 7) is 0.248. The average molecular weight is 328 g/mol. The molecule has 1 saturated heterocycles. The van der Waals surface area contributed by atoms with Crippen molar-refractivity contribution in [1.29, 1.82) is 0 Å². The minimum Gasteiger partial charge on any atom is -0.480 e. The minimum absolute atomic E-state index is 0.0541. The maximum absolute atomic E-state index is 12.3. The van der Waals surface area contributed by atoms with E-state index in [1.165, 1.54) is 4.90 Å². The molecule has 102 valence electrons. The minimum atomic E-state index is -1.41. The Kier molecular flexibility index (Phi) is 3.91. The zero-order valence-electron chi connectivity index (χ0n) is 10.4. The number of hydrogen-bond acceptors (Lipinski definition) is 3. The molecule has 1 aromatic rings. The van der Waals surface area contributed by atoms with Gasteiger partial charge in [-0.25, -0.2) is 0 Å². The number of amides is 1. The van der Waals surface area contributed by atoms with Crippen molar-refractivity contribution in [3.63, 3.8) is 0 Å². The van der Waals surface area contributed by atoms with E-state index in [0.717, 1.165) is 10.0 Å². The third kappa shape index (κ3) is 2.50. The average Bonchev–Trinajstić information content (AvgIpc) is 2.30. The van der Waals surface area contributed by atoms with Gasteiger partial charge in [0.1, 0.15) is 0 Å². The molecule has 0 bridgehead atoms. The maximum Gasteiger partial charge on any atom is 0.324 e. The summed E-state index contributed by atoms with van der Waals surface area (Å²) in [6, 6.07) is 7.53. The van der Waals surface area contributed by atoms with Crippen LogP contribution in [0.2, 0.25) is 0 Å². The van der Waals surface area contributed by atoms with Gasteiger partial charge in [0, 0.05) is 18.1 Å². The quantitative estimate of drug-likeness (QED) is 0.851. The van der Waals surface area contributed by atoms with Crippen LogP contribution in [0, 0.1) is 5.41 Å². The van der Waals surface area contributed by atoms with Crippen LogP contribution in [0.4, 0.5) is 0 Å². The van der Waals surface area contributed by atoms with Crippen LogP contribution in [0.15, 0.2) is 28.7 Å². The van der Waals surface area contributed by atoms with Crippen molar-refractivity contribution >= 4 is 27.8 Å². The Morgan fingerprint density at radius 3 is 2.53 bits per heavy atom. The standard InChI is InChI=1S/C13H14BrNO4/c1-15(6-9-4-2-3-5-10(9)14)11(16)13(12(17)18)7-19-8-13/h2-5H,6-8H2,1H3,(H,17,18). The number of hydrogen-bond donors (Lipinski definition) is 1. The molecule has 0 aliphatic carbocycles.